The number of hydrogen-bond acceptors (Lipinski definition) is 6. The van der Waals surface area contributed by atoms with Crippen LogP contribution in [-0.2, 0) is 19.3 Å². The average Bonchev–Trinajstić information content (AvgIpc) is 3.39. The van der Waals surface area contributed by atoms with Crippen molar-refractivity contribution in [1.82, 2.24) is 24.7 Å². The smallest absolute Gasteiger partial charge is 0.433 e. The molecule has 0 N–H and O–H groups in total. The summed E-state index contributed by atoms with van der Waals surface area (Å²) in [4.78, 5) is 25.9. The van der Waals surface area contributed by atoms with E-state index in [4.69, 9.17) is 4.42 Å². The van der Waals surface area contributed by atoms with E-state index < -0.39 is 11.9 Å². The van der Waals surface area contributed by atoms with E-state index in [-0.39, 0.29) is 18.1 Å². The van der Waals surface area contributed by atoms with E-state index in [1.54, 1.807) is 16.0 Å². The summed E-state index contributed by atoms with van der Waals surface area (Å²) in [7, 11) is 0. The maximum absolute atomic E-state index is 12.9. The fraction of sp³-hybridized carbons (Fsp3) is 0.389. The number of allylic oxidation sites excluding steroid dienone is 1. The predicted octanol–water partition coefficient (Wildman–Crippen LogP) is 3.72. The van der Waals surface area contributed by atoms with E-state index in [1.165, 1.54) is 30.3 Å². The molecule has 1 atom stereocenters. The number of aromatic nitrogens is 2. The standard InChI is InChI=1S/C18H18F3N5O2S/c1-12-11-29-17(26(12)10-15-22-4-7-28-15)25-6-5-24(16(25)27)9-13-2-3-14(23-8-13)18(19,20)21/h2-4,7-8,11,17H,5-6,9-10H2,1H3. The zero-order valence-electron chi connectivity index (χ0n) is 15.5. The van der Waals surface area contributed by atoms with Gasteiger partial charge in [-0.15, -0.1) is 0 Å². The zero-order valence-corrected chi connectivity index (χ0v) is 16.3. The Balaban J connectivity index is 1.42. The van der Waals surface area contributed by atoms with Crippen LogP contribution in [0.15, 0.2) is 46.3 Å². The monoisotopic (exact) mass is 425 g/mol. The second-order valence-electron chi connectivity index (χ2n) is 6.72. The van der Waals surface area contributed by atoms with Crippen molar-refractivity contribution >= 4 is 17.8 Å². The lowest BCUT2D eigenvalue weighted by molar-refractivity contribution is -0.141. The Labute approximate surface area is 169 Å². The number of carbonyl (C=O) groups excluding carboxylic acids is 1. The number of urea groups is 1. The molecule has 2 amide bonds. The number of thioether (sulfide) groups is 1. The molecule has 4 heterocycles. The van der Waals surface area contributed by atoms with Gasteiger partial charge < -0.3 is 14.2 Å². The number of rotatable bonds is 5. The van der Waals surface area contributed by atoms with E-state index in [0.717, 1.165) is 11.8 Å². The van der Waals surface area contributed by atoms with E-state index in [1.807, 2.05) is 17.2 Å². The van der Waals surface area contributed by atoms with Crippen molar-refractivity contribution in [3.8, 4) is 0 Å². The summed E-state index contributed by atoms with van der Waals surface area (Å²) in [6.45, 7) is 3.63. The van der Waals surface area contributed by atoms with Crippen molar-refractivity contribution in [2.75, 3.05) is 13.1 Å². The number of alkyl halides is 3. The molecule has 1 fully saturated rings. The van der Waals surface area contributed by atoms with Gasteiger partial charge in [-0.05, 0) is 24.0 Å². The van der Waals surface area contributed by atoms with Gasteiger partial charge in [0.2, 0.25) is 5.89 Å². The molecule has 11 heteroatoms. The predicted molar refractivity (Wildman–Crippen MR) is 98.9 cm³/mol. The third-order valence-corrected chi connectivity index (χ3v) is 5.98. The molecule has 0 aromatic carbocycles. The quantitative estimate of drug-likeness (QED) is 0.728. The highest BCUT2D eigenvalue weighted by Gasteiger charge is 2.39. The minimum Gasteiger partial charge on any atom is -0.447 e. The van der Waals surface area contributed by atoms with Crippen molar-refractivity contribution in [3.05, 3.63) is 59.0 Å². The highest BCUT2D eigenvalue weighted by Crippen LogP contribution is 2.36. The molecule has 4 rings (SSSR count). The van der Waals surface area contributed by atoms with Gasteiger partial charge >= 0.3 is 12.2 Å². The van der Waals surface area contributed by atoms with E-state index in [0.29, 0.717) is 31.1 Å². The Morgan fingerprint density at radius 1 is 1.24 bits per heavy atom. The van der Waals surface area contributed by atoms with Crippen LogP contribution in [0.4, 0.5) is 18.0 Å². The lowest BCUT2D eigenvalue weighted by Crippen LogP contribution is -2.45. The fourth-order valence-electron chi connectivity index (χ4n) is 3.26. The largest absolute Gasteiger partial charge is 0.447 e. The third-order valence-electron chi connectivity index (χ3n) is 4.75. The second kappa shape index (κ2) is 7.62. The number of carbonyl (C=O) groups is 1. The van der Waals surface area contributed by atoms with Crippen molar-refractivity contribution in [2.24, 2.45) is 0 Å². The van der Waals surface area contributed by atoms with Crippen LogP contribution in [0, 0.1) is 0 Å². The maximum atomic E-state index is 12.9. The number of nitrogens with zero attached hydrogens (tertiary/aromatic N) is 5. The second-order valence-corrected chi connectivity index (χ2v) is 7.65. The molecule has 2 aliphatic rings. The van der Waals surface area contributed by atoms with E-state index in [9.17, 15) is 18.0 Å². The molecule has 1 unspecified atom stereocenters. The average molecular weight is 425 g/mol. The number of oxazole rings is 1. The Hall–Kier alpha value is -2.69. The molecule has 0 bridgehead atoms. The van der Waals surface area contributed by atoms with Crippen LogP contribution in [0.25, 0.3) is 0 Å². The normalized spacial score (nSPS) is 20.0. The molecular formula is C18H18F3N5O2S. The maximum Gasteiger partial charge on any atom is 0.433 e. The van der Waals surface area contributed by atoms with Gasteiger partial charge in [-0.1, -0.05) is 17.8 Å². The molecule has 0 radical (unpaired) electrons. The van der Waals surface area contributed by atoms with Crippen molar-refractivity contribution < 1.29 is 22.4 Å². The minimum absolute atomic E-state index is 0.164. The van der Waals surface area contributed by atoms with Crippen LogP contribution in [0.3, 0.4) is 0 Å². The summed E-state index contributed by atoms with van der Waals surface area (Å²) in [5.41, 5.74) is 0.404. The molecule has 2 aliphatic heterocycles. The Morgan fingerprint density at radius 3 is 2.72 bits per heavy atom. The summed E-state index contributed by atoms with van der Waals surface area (Å²) < 4.78 is 43.3. The molecule has 2 aromatic rings. The molecular weight excluding hydrogens is 407 g/mol. The summed E-state index contributed by atoms with van der Waals surface area (Å²) in [6, 6.07) is 2.13. The molecule has 0 saturated carbocycles. The van der Waals surface area contributed by atoms with Gasteiger partial charge in [0.25, 0.3) is 0 Å². The van der Waals surface area contributed by atoms with Gasteiger partial charge in [-0.2, -0.15) is 13.2 Å². The first-order chi connectivity index (χ1) is 13.8. The first kappa shape index (κ1) is 19.6. The van der Waals surface area contributed by atoms with Crippen molar-refractivity contribution in [3.63, 3.8) is 0 Å². The Bertz CT molecular complexity index is 901. The van der Waals surface area contributed by atoms with Crippen LogP contribution in [-0.4, -0.2) is 49.3 Å². The van der Waals surface area contributed by atoms with Gasteiger partial charge in [-0.25, -0.2) is 9.78 Å². The SMILES string of the molecule is CC1=CSC(N2CCN(Cc3ccc(C(F)(F)F)nc3)C2=O)N1Cc1ncco1. The zero-order chi connectivity index (χ0) is 20.6. The van der Waals surface area contributed by atoms with Gasteiger partial charge in [0.05, 0.1) is 12.7 Å². The number of amides is 2. The summed E-state index contributed by atoms with van der Waals surface area (Å²) >= 11 is 1.53. The number of pyridine rings is 1. The molecule has 0 spiro atoms. The lowest BCUT2D eigenvalue weighted by Gasteiger charge is -2.33. The lowest BCUT2D eigenvalue weighted by atomic mass is 10.2. The Morgan fingerprint density at radius 2 is 2.07 bits per heavy atom. The first-order valence-corrected chi connectivity index (χ1v) is 9.82. The first-order valence-electron chi connectivity index (χ1n) is 8.88. The van der Waals surface area contributed by atoms with E-state index in [2.05, 4.69) is 9.97 Å². The highest BCUT2D eigenvalue weighted by molar-refractivity contribution is 8.02. The van der Waals surface area contributed by atoms with Crippen LogP contribution >= 0.6 is 11.8 Å². The summed E-state index contributed by atoms with van der Waals surface area (Å²) in [5, 5.41) is 1.99. The highest BCUT2D eigenvalue weighted by atomic mass is 32.2. The van der Waals surface area contributed by atoms with Crippen LogP contribution in [0.1, 0.15) is 24.1 Å². The van der Waals surface area contributed by atoms with Crippen LogP contribution in [0.2, 0.25) is 0 Å². The topological polar surface area (TPSA) is 65.7 Å². The van der Waals surface area contributed by atoms with Gasteiger partial charge in [0.15, 0.2) is 5.50 Å². The molecule has 0 aliphatic carbocycles. The minimum atomic E-state index is -4.48. The number of hydrogen-bond donors (Lipinski definition) is 0. The van der Waals surface area contributed by atoms with E-state index >= 15 is 0 Å². The fourth-order valence-corrected chi connectivity index (χ4v) is 4.44. The molecule has 1 saturated heterocycles. The van der Waals surface area contributed by atoms with Crippen molar-refractivity contribution in [1.29, 1.82) is 0 Å². The molecule has 154 valence electrons. The molecule has 7 nitrogen and oxygen atoms in total. The van der Waals surface area contributed by atoms with Gasteiger partial charge in [-0.3, -0.25) is 9.88 Å². The molecule has 2 aromatic heterocycles. The summed E-state index contributed by atoms with van der Waals surface area (Å²) in [5.74, 6) is 0.560. The Kier molecular flexibility index (Phi) is 5.15. The third kappa shape index (κ3) is 4.04. The van der Waals surface area contributed by atoms with Crippen molar-refractivity contribution in [2.45, 2.75) is 31.7 Å². The number of halogens is 3. The van der Waals surface area contributed by atoms with Gasteiger partial charge in [0, 0.05) is 31.5 Å². The van der Waals surface area contributed by atoms with Crippen LogP contribution < -0.4 is 0 Å². The van der Waals surface area contributed by atoms with Crippen LogP contribution in [0.5, 0.6) is 0 Å². The van der Waals surface area contributed by atoms with Gasteiger partial charge in [0.1, 0.15) is 12.0 Å². The molecule has 29 heavy (non-hydrogen) atoms. The summed E-state index contributed by atoms with van der Waals surface area (Å²) in [6.07, 6.45) is -0.222.